The molecule has 20 heavy (non-hydrogen) atoms. The molecule has 1 saturated heterocycles. The maximum atomic E-state index is 12.5. The largest absolute Gasteiger partial charge is 0.480 e. The van der Waals surface area contributed by atoms with Gasteiger partial charge in [0.05, 0.1) is 12.0 Å². The van der Waals surface area contributed by atoms with Gasteiger partial charge in [0, 0.05) is 6.61 Å². The number of rotatable bonds is 4. The number of hydrogen-bond donors (Lipinski definition) is 2. The molecule has 2 fully saturated rings. The van der Waals surface area contributed by atoms with Gasteiger partial charge >= 0.3 is 5.97 Å². The van der Waals surface area contributed by atoms with E-state index in [0.29, 0.717) is 25.9 Å². The molecule has 2 rings (SSSR count). The topological polar surface area (TPSA) is 75.6 Å². The van der Waals surface area contributed by atoms with Gasteiger partial charge in [-0.05, 0) is 25.7 Å². The van der Waals surface area contributed by atoms with Crippen LogP contribution in [0.15, 0.2) is 0 Å². The van der Waals surface area contributed by atoms with Gasteiger partial charge in [-0.2, -0.15) is 0 Å². The molecule has 1 heterocycles. The molecule has 0 radical (unpaired) electrons. The van der Waals surface area contributed by atoms with E-state index in [2.05, 4.69) is 5.32 Å². The van der Waals surface area contributed by atoms with Crippen molar-refractivity contribution in [3.8, 4) is 0 Å². The minimum absolute atomic E-state index is 0.0633. The maximum Gasteiger partial charge on any atom is 0.329 e. The molecule has 2 N–H and O–H groups in total. The highest BCUT2D eigenvalue weighted by molar-refractivity contribution is 5.88. The number of aliphatic carboxylic acids is 1. The monoisotopic (exact) mass is 283 g/mol. The molecule has 2 aliphatic rings. The summed E-state index contributed by atoms with van der Waals surface area (Å²) in [6.07, 6.45) is 6.33. The normalized spacial score (nSPS) is 29.6. The van der Waals surface area contributed by atoms with E-state index in [1.807, 2.05) is 6.92 Å². The zero-order valence-electron chi connectivity index (χ0n) is 12.2. The van der Waals surface area contributed by atoms with Crippen LogP contribution < -0.4 is 5.32 Å². The Morgan fingerprint density at radius 2 is 1.90 bits per heavy atom. The van der Waals surface area contributed by atoms with Gasteiger partial charge in [-0.25, -0.2) is 4.79 Å². The van der Waals surface area contributed by atoms with Crippen LogP contribution in [0.2, 0.25) is 0 Å². The molecule has 1 saturated carbocycles. The highest BCUT2D eigenvalue weighted by Crippen LogP contribution is 2.30. The molecule has 2 unspecified atom stereocenters. The van der Waals surface area contributed by atoms with Gasteiger partial charge in [-0.15, -0.1) is 0 Å². The Labute approximate surface area is 120 Å². The van der Waals surface area contributed by atoms with Crippen molar-refractivity contribution in [3.63, 3.8) is 0 Å². The average molecular weight is 283 g/mol. The molecule has 0 aromatic carbocycles. The number of nitrogens with one attached hydrogen (secondary N) is 1. The van der Waals surface area contributed by atoms with Gasteiger partial charge in [0.1, 0.15) is 5.54 Å². The molecule has 5 nitrogen and oxygen atoms in total. The predicted molar refractivity (Wildman–Crippen MR) is 74.3 cm³/mol. The summed E-state index contributed by atoms with van der Waals surface area (Å²) in [4.78, 5) is 24.1. The summed E-state index contributed by atoms with van der Waals surface area (Å²) in [6, 6.07) is 0. The van der Waals surface area contributed by atoms with Gasteiger partial charge < -0.3 is 15.2 Å². The van der Waals surface area contributed by atoms with Crippen LogP contribution >= 0.6 is 0 Å². The summed E-state index contributed by atoms with van der Waals surface area (Å²) >= 11 is 0. The van der Waals surface area contributed by atoms with Crippen LogP contribution in [0.1, 0.15) is 58.3 Å². The smallest absolute Gasteiger partial charge is 0.329 e. The number of amides is 1. The van der Waals surface area contributed by atoms with Crippen LogP contribution in [0.25, 0.3) is 0 Å². The first-order valence-electron chi connectivity index (χ1n) is 7.76. The van der Waals surface area contributed by atoms with Gasteiger partial charge in [-0.1, -0.05) is 32.6 Å². The fourth-order valence-electron chi connectivity index (χ4n) is 3.40. The Balaban J connectivity index is 2.07. The quantitative estimate of drug-likeness (QED) is 0.775. The lowest BCUT2D eigenvalue weighted by atomic mass is 9.88. The molecule has 0 spiro atoms. The van der Waals surface area contributed by atoms with Crippen LogP contribution in [0.5, 0.6) is 0 Å². The Kier molecular flexibility index (Phi) is 5.02. The second kappa shape index (κ2) is 6.57. The first-order chi connectivity index (χ1) is 9.59. The van der Waals surface area contributed by atoms with Gasteiger partial charge in [-0.3, -0.25) is 4.79 Å². The van der Waals surface area contributed by atoms with E-state index in [1.165, 1.54) is 0 Å². The molecule has 5 heteroatoms. The van der Waals surface area contributed by atoms with E-state index in [1.54, 1.807) is 0 Å². The number of carbonyl (C=O) groups excluding carboxylic acids is 1. The van der Waals surface area contributed by atoms with E-state index in [0.717, 1.165) is 32.1 Å². The zero-order valence-corrected chi connectivity index (χ0v) is 12.2. The third-order valence-electron chi connectivity index (χ3n) is 4.68. The zero-order chi connectivity index (χ0) is 14.6. The highest BCUT2D eigenvalue weighted by Gasteiger charge is 2.43. The fraction of sp³-hybridized carbons (Fsp3) is 0.867. The van der Waals surface area contributed by atoms with E-state index >= 15 is 0 Å². The molecular formula is C15H25NO4. The third kappa shape index (κ3) is 3.14. The van der Waals surface area contributed by atoms with Crippen molar-refractivity contribution in [1.82, 2.24) is 5.32 Å². The Bertz CT molecular complexity index is 361. The molecule has 1 aliphatic carbocycles. The lowest BCUT2D eigenvalue weighted by molar-refractivity contribution is -0.149. The van der Waals surface area contributed by atoms with Crippen molar-refractivity contribution < 1.29 is 19.4 Å². The standard InChI is InChI=1S/C15H25NO4/c1-2-12-11(7-10-20-12)13(17)16-15(14(18)19)8-5-3-4-6-9-15/h11-12H,2-10H2,1H3,(H,16,17)(H,18,19). The summed E-state index contributed by atoms with van der Waals surface area (Å²) in [5.74, 6) is -1.22. The fourth-order valence-corrected chi connectivity index (χ4v) is 3.40. The molecule has 1 amide bonds. The highest BCUT2D eigenvalue weighted by atomic mass is 16.5. The van der Waals surface area contributed by atoms with Crippen molar-refractivity contribution in [2.75, 3.05) is 6.61 Å². The van der Waals surface area contributed by atoms with Gasteiger partial charge in [0.2, 0.25) is 5.91 Å². The van der Waals surface area contributed by atoms with Crippen LogP contribution in [0, 0.1) is 5.92 Å². The van der Waals surface area contributed by atoms with Crippen molar-refractivity contribution in [1.29, 1.82) is 0 Å². The lowest BCUT2D eigenvalue weighted by Crippen LogP contribution is -2.56. The van der Waals surface area contributed by atoms with E-state index in [4.69, 9.17) is 4.74 Å². The third-order valence-corrected chi connectivity index (χ3v) is 4.68. The second-order valence-corrected chi connectivity index (χ2v) is 6.00. The molecule has 1 aliphatic heterocycles. The molecular weight excluding hydrogens is 258 g/mol. The number of ether oxygens (including phenoxy) is 1. The van der Waals surface area contributed by atoms with Crippen molar-refractivity contribution in [3.05, 3.63) is 0 Å². The average Bonchev–Trinajstić information content (AvgIpc) is 2.78. The van der Waals surface area contributed by atoms with Gasteiger partial charge in [0.25, 0.3) is 0 Å². The van der Waals surface area contributed by atoms with Crippen LogP contribution in [-0.4, -0.2) is 35.2 Å². The predicted octanol–water partition coefficient (Wildman–Crippen LogP) is 2.10. The SMILES string of the molecule is CCC1OCCC1C(=O)NC1(C(=O)O)CCCCCC1. The van der Waals surface area contributed by atoms with Crippen LogP contribution in [0.4, 0.5) is 0 Å². The van der Waals surface area contributed by atoms with E-state index < -0.39 is 11.5 Å². The molecule has 0 bridgehead atoms. The van der Waals surface area contributed by atoms with Gasteiger partial charge in [0.15, 0.2) is 0 Å². The van der Waals surface area contributed by atoms with Crippen LogP contribution in [0.3, 0.4) is 0 Å². The minimum Gasteiger partial charge on any atom is -0.480 e. The summed E-state index contributed by atoms with van der Waals surface area (Å²) in [5.41, 5.74) is -1.06. The van der Waals surface area contributed by atoms with Crippen molar-refractivity contribution in [2.24, 2.45) is 5.92 Å². The lowest BCUT2D eigenvalue weighted by Gasteiger charge is -2.31. The Morgan fingerprint density at radius 3 is 2.45 bits per heavy atom. The summed E-state index contributed by atoms with van der Waals surface area (Å²) in [6.45, 7) is 2.59. The second-order valence-electron chi connectivity index (χ2n) is 6.00. The molecule has 114 valence electrons. The Morgan fingerprint density at radius 1 is 1.25 bits per heavy atom. The number of carboxylic acids is 1. The number of carboxylic acid groups (broad SMARTS) is 1. The molecule has 0 aromatic rings. The van der Waals surface area contributed by atoms with Crippen molar-refractivity contribution in [2.45, 2.75) is 69.9 Å². The molecule has 2 atom stereocenters. The van der Waals surface area contributed by atoms with E-state index in [-0.39, 0.29) is 17.9 Å². The first-order valence-corrected chi connectivity index (χ1v) is 7.76. The molecule has 0 aromatic heterocycles. The summed E-state index contributed by atoms with van der Waals surface area (Å²) in [5, 5.41) is 12.4. The first kappa shape index (κ1) is 15.3. The summed E-state index contributed by atoms with van der Waals surface area (Å²) in [7, 11) is 0. The van der Waals surface area contributed by atoms with Crippen LogP contribution in [-0.2, 0) is 14.3 Å². The minimum atomic E-state index is -1.06. The number of carbonyl (C=O) groups is 2. The van der Waals surface area contributed by atoms with E-state index in [9.17, 15) is 14.7 Å². The van der Waals surface area contributed by atoms with Crippen molar-refractivity contribution >= 4 is 11.9 Å². The Hall–Kier alpha value is -1.10. The maximum absolute atomic E-state index is 12.5. The number of hydrogen-bond acceptors (Lipinski definition) is 3. The summed E-state index contributed by atoms with van der Waals surface area (Å²) < 4.78 is 5.53.